The van der Waals surface area contributed by atoms with Gasteiger partial charge in [-0.15, -0.1) is 24.0 Å². The summed E-state index contributed by atoms with van der Waals surface area (Å²) in [6.45, 7) is 4.99. The van der Waals surface area contributed by atoms with Gasteiger partial charge in [0.25, 0.3) is 0 Å². The van der Waals surface area contributed by atoms with Crippen molar-refractivity contribution in [3.05, 3.63) is 30.3 Å². The molecule has 0 radical (unpaired) electrons. The zero-order chi connectivity index (χ0) is 17.4. The number of guanidine groups is 1. The SMILES string of the molecule is CCNC(=NCC(=O)N(C)C)NC1CCCN(c2ccccc2)C1.I. The Balaban J connectivity index is 0.00000312. The van der Waals surface area contributed by atoms with Gasteiger partial charge in [0.2, 0.25) is 5.91 Å². The van der Waals surface area contributed by atoms with Crippen molar-refractivity contribution in [3.8, 4) is 0 Å². The molecule has 1 atom stereocenters. The van der Waals surface area contributed by atoms with E-state index in [4.69, 9.17) is 0 Å². The number of para-hydroxylation sites is 1. The maximum absolute atomic E-state index is 11.7. The summed E-state index contributed by atoms with van der Waals surface area (Å²) in [5.41, 5.74) is 1.26. The number of benzene rings is 1. The molecule has 0 aliphatic carbocycles. The van der Waals surface area contributed by atoms with Gasteiger partial charge in [-0.3, -0.25) is 4.79 Å². The van der Waals surface area contributed by atoms with Crippen LogP contribution in [0, 0.1) is 0 Å². The Hall–Kier alpha value is -1.51. The van der Waals surface area contributed by atoms with Crippen LogP contribution in [0.25, 0.3) is 0 Å². The number of hydrogen-bond acceptors (Lipinski definition) is 3. The van der Waals surface area contributed by atoms with E-state index in [0.717, 1.165) is 32.5 Å². The van der Waals surface area contributed by atoms with E-state index < -0.39 is 0 Å². The highest BCUT2D eigenvalue weighted by atomic mass is 127. The van der Waals surface area contributed by atoms with Crippen molar-refractivity contribution in [1.82, 2.24) is 15.5 Å². The number of nitrogens with one attached hydrogen (secondary N) is 2. The lowest BCUT2D eigenvalue weighted by Crippen LogP contribution is -2.51. The number of carbonyl (C=O) groups excluding carboxylic acids is 1. The first-order valence-corrected chi connectivity index (χ1v) is 8.65. The van der Waals surface area contributed by atoms with Gasteiger partial charge in [-0.25, -0.2) is 4.99 Å². The zero-order valence-corrected chi connectivity index (χ0v) is 17.7. The zero-order valence-electron chi connectivity index (χ0n) is 15.4. The highest BCUT2D eigenvalue weighted by Crippen LogP contribution is 2.19. The number of carbonyl (C=O) groups is 1. The molecule has 7 heteroatoms. The lowest BCUT2D eigenvalue weighted by Gasteiger charge is -2.35. The molecule has 1 amide bonds. The van der Waals surface area contributed by atoms with Crippen LogP contribution in [0.5, 0.6) is 0 Å². The summed E-state index contributed by atoms with van der Waals surface area (Å²) in [5, 5.41) is 6.71. The van der Waals surface area contributed by atoms with Gasteiger partial charge in [0.1, 0.15) is 6.54 Å². The summed E-state index contributed by atoms with van der Waals surface area (Å²) in [6.07, 6.45) is 2.25. The Morgan fingerprint density at radius 1 is 1.32 bits per heavy atom. The minimum absolute atomic E-state index is 0. The molecular formula is C18H30IN5O. The Morgan fingerprint density at radius 2 is 2.04 bits per heavy atom. The van der Waals surface area contributed by atoms with E-state index >= 15 is 0 Å². The average molecular weight is 459 g/mol. The molecule has 1 aliphatic rings. The fourth-order valence-corrected chi connectivity index (χ4v) is 2.77. The highest BCUT2D eigenvalue weighted by molar-refractivity contribution is 14.0. The Kier molecular flexibility index (Phi) is 9.62. The second kappa shape index (κ2) is 11.2. The van der Waals surface area contributed by atoms with Crippen LogP contribution >= 0.6 is 24.0 Å². The molecule has 0 spiro atoms. The molecule has 1 aromatic rings. The molecule has 6 nitrogen and oxygen atoms in total. The molecule has 25 heavy (non-hydrogen) atoms. The number of amides is 1. The maximum Gasteiger partial charge on any atom is 0.243 e. The second-order valence-corrected chi connectivity index (χ2v) is 6.25. The van der Waals surface area contributed by atoms with Crippen molar-refractivity contribution >= 4 is 41.5 Å². The molecule has 0 saturated carbocycles. The van der Waals surface area contributed by atoms with E-state index in [9.17, 15) is 4.79 Å². The highest BCUT2D eigenvalue weighted by Gasteiger charge is 2.21. The molecule has 2 rings (SSSR count). The van der Waals surface area contributed by atoms with E-state index in [2.05, 4.69) is 44.8 Å². The summed E-state index contributed by atoms with van der Waals surface area (Å²) in [4.78, 5) is 20.1. The van der Waals surface area contributed by atoms with E-state index in [-0.39, 0.29) is 36.4 Å². The fourth-order valence-electron chi connectivity index (χ4n) is 2.77. The molecule has 1 heterocycles. The third kappa shape index (κ3) is 7.09. The third-order valence-electron chi connectivity index (χ3n) is 4.10. The van der Waals surface area contributed by atoms with E-state index in [0.29, 0.717) is 12.0 Å². The largest absolute Gasteiger partial charge is 0.369 e. The lowest BCUT2D eigenvalue weighted by molar-refractivity contribution is -0.127. The van der Waals surface area contributed by atoms with Crippen molar-refractivity contribution in [1.29, 1.82) is 0 Å². The lowest BCUT2D eigenvalue weighted by atomic mass is 10.1. The first-order chi connectivity index (χ1) is 11.6. The normalized spacial score (nSPS) is 17.5. The summed E-state index contributed by atoms with van der Waals surface area (Å²) < 4.78 is 0. The molecule has 0 aromatic heterocycles. The van der Waals surface area contributed by atoms with Gasteiger partial charge in [0.15, 0.2) is 5.96 Å². The van der Waals surface area contributed by atoms with Crippen LogP contribution < -0.4 is 15.5 Å². The first-order valence-electron chi connectivity index (χ1n) is 8.65. The minimum atomic E-state index is 0. The molecule has 1 aromatic carbocycles. The smallest absolute Gasteiger partial charge is 0.243 e. The molecule has 2 N–H and O–H groups in total. The number of aliphatic imine (C=N–C) groups is 1. The van der Waals surface area contributed by atoms with Crippen molar-refractivity contribution in [2.45, 2.75) is 25.8 Å². The predicted octanol–water partition coefficient (Wildman–Crippen LogP) is 1.92. The molecule has 140 valence electrons. The van der Waals surface area contributed by atoms with Gasteiger partial charge in [-0.2, -0.15) is 0 Å². The van der Waals surface area contributed by atoms with Crippen LogP contribution in [0.15, 0.2) is 35.3 Å². The third-order valence-corrected chi connectivity index (χ3v) is 4.10. The number of halogens is 1. The van der Waals surface area contributed by atoms with Crippen molar-refractivity contribution in [3.63, 3.8) is 0 Å². The van der Waals surface area contributed by atoms with Crippen LogP contribution in [0.3, 0.4) is 0 Å². The Bertz CT molecular complexity index is 550. The van der Waals surface area contributed by atoms with E-state index in [1.807, 2.05) is 13.0 Å². The quantitative estimate of drug-likeness (QED) is 0.402. The van der Waals surface area contributed by atoms with Gasteiger partial charge in [0.05, 0.1) is 0 Å². The Labute approximate surface area is 168 Å². The topological polar surface area (TPSA) is 60.0 Å². The van der Waals surface area contributed by atoms with Crippen molar-refractivity contribution < 1.29 is 4.79 Å². The van der Waals surface area contributed by atoms with E-state index in [1.165, 1.54) is 5.69 Å². The summed E-state index contributed by atoms with van der Waals surface area (Å²) >= 11 is 0. The van der Waals surface area contributed by atoms with Crippen molar-refractivity contribution in [2.24, 2.45) is 4.99 Å². The number of nitrogens with zero attached hydrogens (tertiary/aromatic N) is 3. The van der Waals surface area contributed by atoms with Gasteiger partial charge in [-0.1, -0.05) is 18.2 Å². The predicted molar refractivity (Wildman–Crippen MR) is 115 cm³/mol. The summed E-state index contributed by atoms with van der Waals surface area (Å²) in [5.74, 6) is 0.717. The van der Waals surface area contributed by atoms with Gasteiger partial charge in [-0.05, 0) is 31.9 Å². The van der Waals surface area contributed by atoms with Crippen LogP contribution in [0.4, 0.5) is 5.69 Å². The van der Waals surface area contributed by atoms with Crippen LogP contribution in [0.1, 0.15) is 19.8 Å². The molecule has 1 saturated heterocycles. The molecule has 1 unspecified atom stereocenters. The van der Waals surface area contributed by atoms with E-state index in [1.54, 1.807) is 19.0 Å². The molecule has 1 aliphatic heterocycles. The first kappa shape index (κ1) is 21.5. The molecule has 1 fully saturated rings. The maximum atomic E-state index is 11.7. The van der Waals surface area contributed by atoms with Gasteiger partial charge < -0.3 is 20.4 Å². The molecule has 0 bridgehead atoms. The standard InChI is InChI=1S/C18H29N5O.HI/c1-4-19-18(20-13-17(24)22(2)3)21-15-9-8-12-23(14-15)16-10-6-5-7-11-16;/h5-7,10-11,15H,4,8-9,12-14H2,1-3H3,(H2,19,20,21);1H. The number of anilines is 1. The van der Waals surface area contributed by atoms with Crippen LogP contribution in [0.2, 0.25) is 0 Å². The summed E-state index contributed by atoms with van der Waals surface area (Å²) in [6, 6.07) is 10.8. The number of rotatable bonds is 5. The number of hydrogen-bond donors (Lipinski definition) is 2. The molecular weight excluding hydrogens is 429 g/mol. The summed E-state index contributed by atoms with van der Waals surface area (Å²) in [7, 11) is 3.49. The fraction of sp³-hybridized carbons (Fsp3) is 0.556. The van der Waals surface area contributed by atoms with Crippen LogP contribution in [-0.2, 0) is 4.79 Å². The second-order valence-electron chi connectivity index (χ2n) is 6.25. The van der Waals surface area contributed by atoms with Gasteiger partial charge >= 0.3 is 0 Å². The van der Waals surface area contributed by atoms with Gasteiger partial charge in [0, 0.05) is 45.5 Å². The monoisotopic (exact) mass is 459 g/mol. The van der Waals surface area contributed by atoms with Crippen molar-refractivity contribution in [2.75, 3.05) is 45.2 Å². The average Bonchev–Trinajstić information content (AvgIpc) is 2.60. The van der Waals surface area contributed by atoms with Crippen LogP contribution in [-0.4, -0.2) is 63.1 Å². The minimum Gasteiger partial charge on any atom is -0.369 e. The number of likely N-dealkylation sites (N-methyl/N-ethyl adjacent to an activating group) is 1. The number of piperidine rings is 1. The Morgan fingerprint density at radius 3 is 2.68 bits per heavy atom.